The summed E-state index contributed by atoms with van der Waals surface area (Å²) in [5.41, 5.74) is 2.09. The lowest BCUT2D eigenvalue weighted by atomic mass is 10.1. The van der Waals surface area contributed by atoms with Crippen LogP contribution in [0.25, 0.3) is 0 Å². The Bertz CT molecular complexity index is 945. The van der Waals surface area contributed by atoms with E-state index in [1.807, 2.05) is 42.5 Å². The number of carbonyl (C=O) groups is 2. The molecule has 0 aromatic heterocycles. The molecular weight excluding hydrogens is 375 g/mol. The average molecular weight is 394 g/mol. The molecule has 0 aliphatic rings. The smallest absolute Gasteiger partial charge is 0.242 e. The Kier molecular flexibility index (Phi) is 6.45. The highest BCUT2D eigenvalue weighted by Gasteiger charge is 2.22. The van der Waals surface area contributed by atoms with Crippen LogP contribution in [0.1, 0.15) is 17.7 Å². The van der Waals surface area contributed by atoms with Gasteiger partial charge in [-0.15, -0.1) is 11.8 Å². The number of thioether (sulfide) groups is 1. The number of hydrogen-bond acceptors (Lipinski definition) is 3. The van der Waals surface area contributed by atoms with Crippen LogP contribution in [0.4, 0.5) is 15.8 Å². The number of benzene rings is 3. The first-order valence-corrected chi connectivity index (χ1v) is 9.55. The Morgan fingerprint density at radius 3 is 2.00 bits per heavy atom. The fourth-order valence-electron chi connectivity index (χ4n) is 2.60. The number of hydrogen-bond donors (Lipinski definition) is 2. The third-order valence-corrected chi connectivity index (χ3v) is 5.15. The summed E-state index contributed by atoms with van der Waals surface area (Å²) in [6.07, 6.45) is 0. The molecule has 0 spiro atoms. The summed E-state index contributed by atoms with van der Waals surface area (Å²) in [6.45, 7) is 1.45. The third kappa shape index (κ3) is 5.44. The van der Waals surface area contributed by atoms with E-state index in [1.54, 1.807) is 12.1 Å². The van der Waals surface area contributed by atoms with E-state index in [-0.39, 0.29) is 17.6 Å². The molecular formula is C22H19FN2O2S. The standard InChI is InChI=1S/C22H19FN2O2S/c1-15(26)24-18-11-13-20(14-12-18)28-21(16-5-3-2-4-6-16)22(27)25-19-9-7-17(23)8-10-19/h2-14,21H,1H3,(H,24,26)(H,25,27)/t21-/m0/s1. The summed E-state index contributed by atoms with van der Waals surface area (Å²) in [5.74, 6) is -0.693. The normalized spacial score (nSPS) is 11.5. The molecule has 0 heterocycles. The van der Waals surface area contributed by atoms with Gasteiger partial charge in [0.05, 0.1) is 0 Å². The zero-order valence-electron chi connectivity index (χ0n) is 15.2. The molecule has 2 N–H and O–H groups in total. The van der Waals surface area contributed by atoms with Gasteiger partial charge in [-0.3, -0.25) is 9.59 Å². The Labute approximate surface area is 167 Å². The summed E-state index contributed by atoms with van der Waals surface area (Å²) < 4.78 is 13.1. The summed E-state index contributed by atoms with van der Waals surface area (Å²) in [7, 11) is 0. The van der Waals surface area contributed by atoms with Crippen LogP contribution >= 0.6 is 11.8 Å². The molecule has 6 heteroatoms. The highest BCUT2D eigenvalue weighted by Crippen LogP contribution is 2.36. The molecule has 0 saturated carbocycles. The van der Waals surface area contributed by atoms with Gasteiger partial charge in [0.15, 0.2) is 0 Å². The van der Waals surface area contributed by atoms with Gasteiger partial charge in [-0.25, -0.2) is 4.39 Å². The summed E-state index contributed by atoms with van der Waals surface area (Å²) in [4.78, 5) is 25.0. The second kappa shape index (κ2) is 9.19. The highest BCUT2D eigenvalue weighted by molar-refractivity contribution is 8.00. The van der Waals surface area contributed by atoms with Crippen LogP contribution in [0, 0.1) is 5.82 Å². The quantitative estimate of drug-likeness (QED) is 0.561. The molecule has 2 amide bonds. The van der Waals surface area contributed by atoms with E-state index >= 15 is 0 Å². The largest absolute Gasteiger partial charge is 0.326 e. The number of amides is 2. The third-order valence-electron chi connectivity index (χ3n) is 3.88. The number of anilines is 2. The summed E-state index contributed by atoms with van der Waals surface area (Å²) >= 11 is 1.40. The van der Waals surface area contributed by atoms with Crippen molar-refractivity contribution >= 4 is 35.0 Å². The number of carbonyl (C=O) groups excluding carboxylic acids is 2. The Morgan fingerprint density at radius 1 is 0.821 bits per heavy atom. The van der Waals surface area contributed by atoms with Crippen molar-refractivity contribution in [3.63, 3.8) is 0 Å². The van der Waals surface area contributed by atoms with Crippen molar-refractivity contribution in [3.8, 4) is 0 Å². The fraction of sp³-hybridized carbons (Fsp3) is 0.0909. The lowest BCUT2D eigenvalue weighted by Crippen LogP contribution is -2.19. The zero-order chi connectivity index (χ0) is 19.9. The van der Waals surface area contributed by atoms with Gasteiger partial charge in [-0.2, -0.15) is 0 Å². The number of rotatable bonds is 6. The molecule has 0 radical (unpaired) electrons. The summed E-state index contributed by atoms with van der Waals surface area (Å²) in [6, 6.07) is 22.4. The average Bonchev–Trinajstić information content (AvgIpc) is 2.69. The molecule has 0 unspecified atom stereocenters. The molecule has 4 nitrogen and oxygen atoms in total. The first kappa shape index (κ1) is 19.6. The predicted molar refractivity (Wildman–Crippen MR) is 111 cm³/mol. The molecule has 0 aliphatic heterocycles. The molecule has 0 saturated heterocycles. The molecule has 0 bridgehead atoms. The highest BCUT2D eigenvalue weighted by atomic mass is 32.2. The maximum Gasteiger partial charge on any atom is 0.242 e. The lowest BCUT2D eigenvalue weighted by molar-refractivity contribution is -0.116. The Balaban J connectivity index is 1.80. The predicted octanol–water partition coefficient (Wildman–Crippen LogP) is 5.26. The topological polar surface area (TPSA) is 58.2 Å². The first-order valence-electron chi connectivity index (χ1n) is 8.67. The van der Waals surface area contributed by atoms with Crippen molar-refractivity contribution in [2.24, 2.45) is 0 Å². The molecule has 3 rings (SSSR count). The van der Waals surface area contributed by atoms with E-state index < -0.39 is 5.25 Å². The van der Waals surface area contributed by atoms with Gasteiger partial charge in [0.1, 0.15) is 11.1 Å². The van der Waals surface area contributed by atoms with Crippen molar-refractivity contribution in [1.82, 2.24) is 0 Å². The number of nitrogens with one attached hydrogen (secondary N) is 2. The fourth-order valence-corrected chi connectivity index (χ4v) is 3.62. The minimum absolute atomic E-state index is 0.138. The van der Waals surface area contributed by atoms with Gasteiger partial charge in [0.25, 0.3) is 0 Å². The van der Waals surface area contributed by atoms with Crippen molar-refractivity contribution in [1.29, 1.82) is 0 Å². The van der Waals surface area contributed by atoms with Gasteiger partial charge in [-0.05, 0) is 54.1 Å². The van der Waals surface area contributed by atoms with Gasteiger partial charge in [0.2, 0.25) is 11.8 Å². The molecule has 3 aromatic rings. The zero-order valence-corrected chi connectivity index (χ0v) is 16.0. The number of halogens is 1. The minimum atomic E-state index is -0.488. The SMILES string of the molecule is CC(=O)Nc1ccc(S[C@H](C(=O)Nc2ccc(F)cc2)c2ccccc2)cc1. The molecule has 142 valence electrons. The lowest BCUT2D eigenvalue weighted by Gasteiger charge is -2.17. The van der Waals surface area contributed by atoms with Gasteiger partial charge < -0.3 is 10.6 Å². The second-order valence-electron chi connectivity index (χ2n) is 6.11. The molecule has 28 heavy (non-hydrogen) atoms. The van der Waals surface area contributed by atoms with Crippen LogP contribution in [0.2, 0.25) is 0 Å². The van der Waals surface area contributed by atoms with E-state index in [2.05, 4.69) is 10.6 Å². The van der Waals surface area contributed by atoms with Crippen LogP contribution in [0.3, 0.4) is 0 Å². The van der Waals surface area contributed by atoms with E-state index in [1.165, 1.54) is 43.0 Å². The molecule has 1 atom stereocenters. The van der Waals surface area contributed by atoms with Gasteiger partial charge in [0, 0.05) is 23.2 Å². The van der Waals surface area contributed by atoms with E-state index in [0.717, 1.165) is 10.5 Å². The Hall–Kier alpha value is -3.12. The molecule has 0 aliphatic carbocycles. The second-order valence-corrected chi connectivity index (χ2v) is 7.29. The van der Waals surface area contributed by atoms with Crippen molar-refractivity contribution in [2.45, 2.75) is 17.1 Å². The minimum Gasteiger partial charge on any atom is -0.326 e. The van der Waals surface area contributed by atoms with E-state index in [0.29, 0.717) is 11.4 Å². The monoisotopic (exact) mass is 394 g/mol. The molecule has 3 aromatic carbocycles. The van der Waals surface area contributed by atoms with Crippen molar-refractivity contribution < 1.29 is 14.0 Å². The maximum absolute atomic E-state index is 13.1. The summed E-state index contributed by atoms with van der Waals surface area (Å²) in [5, 5.41) is 5.07. The van der Waals surface area contributed by atoms with Crippen molar-refractivity contribution in [3.05, 3.63) is 90.2 Å². The Morgan fingerprint density at radius 2 is 1.39 bits per heavy atom. The van der Waals surface area contributed by atoms with Crippen LogP contribution in [0.5, 0.6) is 0 Å². The van der Waals surface area contributed by atoms with E-state index in [4.69, 9.17) is 0 Å². The van der Waals surface area contributed by atoms with Gasteiger partial charge >= 0.3 is 0 Å². The van der Waals surface area contributed by atoms with Crippen LogP contribution in [0.15, 0.2) is 83.8 Å². The van der Waals surface area contributed by atoms with Crippen LogP contribution in [-0.4, -0.2) is 11.8 Å². The maximum atomic E-state index is 13.1. The van der Waals surface area contributed by atoms with Crippen LogP contribution in [-0.2, 0) is 9.59 Å². The first-order chi connectivity index (χ1) is 13.5. The van der Waals surface area contributed by atoms with E-state index in [9.17, 15) is 14.0 Å². The van der Waals surface area contributed by atoms with Crippen molar-refractivity contribution in [2.75, 3.05) is 10.6 Å². The molecule has 0 fully saturated rings. The van der Waals surface area contributed by atoms with Crippen LogP contribution < -0.4 is 10.6 Å². The van der Waals surface area contributed by atoms with Gasteiger partial charge in [-0.1, -0.05) is 30.3 Å².